The highest BCUT2D eigenvalue weighted by atomic mass is 19.1. The number of rotatable bonds is 9. The zero-order chi connectivity index (χ0) is 31.4. The van der Waals surface area contributed by atoms with Gasteiger partial charge in [-0.05, 0) is 102 Å². The first kappa shape index (κ1) is 34.7. The first-order chi connectivity index (χ1) is 20.0. The van der Waals surface area contributed by atoms with Crippen molar-refractivity contribution in [3.63, 3.8) is 0 Å². The Morgan fingerprint density at radius 2 is 1.93 bits per heavy atom. The molecule has 1 amide bonds. The van der Waals surface area contributed by atoms with E-state index in [1.165, 1.54) is 69.7 Å². The second-order valence-corrected chi connectivity index (χ2v) is 10.9. The zero-order valence-corrected chi connectivity index (χ0v) is 26.2. The van der Waals surface area contributed by atoms with Crippen molar-refractivity contribution in [2.45, 2.75) is 79.0 Å². The highest BCUT2D eigenvalue weighted by molar-refractivity contribution is 6.25. The van der Waals surface area contributed by atoms with Crippen LogP contribution >= 0.6 is 0 Å². The summed E-state index contributed by atoms with van der Waals surface area (Å²) >= 11 is 0. The van der Waals surface area contributed by atoms with Crippen LogP contribution in [-0.2, 0) is 23.4 Å². The number of aliphatic imine (C=N–C) groups is 2. The molecule has 1 aliphatic carbocycles. The summed E-state index contributed by atoms with van der Waals surface area (Å²) in [6, 6.07) is 8.64. The Labute approximate surface area is 250 Å². The second-order valence-electron chi connectivity index (χ2n) is 10.9. The summed E-state index contributed by atoms with van der Waals surface area (Å²) in [7, 11) is 1.50. The van der Waals surface area contributed by atoms with Crippen LogP contribution in [-0.4, -0.2) is 59.6 Å². The SMILES string of the molecule is C=N/C=C(/C(=O)NC(C)C)C(=Nc1ccc(F)c(C(C)(C)O)n1)Nc1ccc2c(c1)CCN(CC1CC1)C2.CC.CN. The van der Waals surface area contributed by atoms with Crippen LogP contribution in [0.3, 0.4) is 0 Å². The average Bonchev–Trinajstić information content (AvgIpc) is 3.77. The Morgan fingerprint density at radius 3 is 2.52 bits per heavy atom. The maximum absolute atomic E-state index is 14.4. The molecule has 0 bridgehead atoms. The first-order valence-electron chi connectivity index (χ1n) is 14.7. The number of fused-ring (bicyclic) bond motifs is 1. The van der Waals surface area contributed by atoms with E-state index in [-0.39, 0.29) is 29.0 Å². The number of pyridine rings is 1. The molecule has 1 saturated carbocycles. The number of hydrogen-bond acceptors (Lipinski definition) is 7. The number of amides is 1. The van der Waals surface area contributed by atoms with Gasteiger partial charge < -0.3 is 21.5 Å². The van der Waals surface area contributed by atoms with Gasteiger partial charge in [-0.1, -0.05) is 19.9 Å². The van der Waals surface area contributed by atoms with Crippen molar-refractivity contribution in [1.29, 1.82) is 0 Å². The first-order valence-corrected chi connectivity index (χ1v) is 14.7. The molecular formula is C32H48FN7O2. The predicted octanol–water partition coefficient (Wildman–Crippen LogP) is 5.07. The molecule has 230 valence electrons. The van der Waals surface area contributed by atoms with E-state index < -0.39 is 17.3 Å². The lowest BCUT2D eigenvalue weighted by Crippen LogP contribution is -2.35. The van der Waals surface area contributed by atoms with E-state index in [4.69, 9.17) is 0 Å². The molecule has 1 aliphatic heterocycles. The van der Waals surface area contributed by atoms with Crippen LogP contribution in [0.5, 0.6) is 0 Å². The zero-order valence-electron chi connectivity index (χ0n) is 26.2. The number of benzene rings is 1. The van der Waals surface area contributed by atoms with Crippen molar-refractivity contribution in [1.82, 2.24) is 15.2 Å². The van der Waals surface area contributed by atoms with Crippen LogP contribution in [0, 0.1) is 11.7 Å². The van der Waals surface area contributed by atoms with Crippen LogP contribution in [0.15, 0.2) is 52.1 Å². The maximum Gasteiger partial charge on any atom is 0.256 e. The summed E-state index contributed by atoms with van der Waals surface area (Å²) in [6.07, 6.45) is 4.96. The molecule has 2 heterocycles. The third-order valence-corrected chi connectivity index (χ3v) is 6.55. The monoisotopic (exact) mass is 581 g/mol. The van der Waals surface area contributed by atoms with Crippen LogP contribution in [0.4, 0.5) is 15.9 Å². The molecule has 4 rings (SSSR count). The molecule has 1 aromatic carbocycles. The number of nitrogens with two attached hydrogens (primary N) is 1. The van der Waals surface area contributed by atoms with E-state index in [1.54, 1.807) is 0 Å². The summed E-state index contributed by atoms with van der Waals surface area (Å²) in [4.78, 5) is 28.2. The molecule has 0 atom stereocenters. The van der Waals surface area contributed by atoms with E-state index in [0.717, 1.165) is 31.1 Å². The van der Waals surface area contributed by atoms with Crippen molar-refractivity contribution >= 4 is 30.0 Å². The third kappa shape index (κ3) is 10.1. The molecule has 0 spiro atoms. The van der Waals surface area contributed by atoms with Gasteiger partial charge in [0.25, 0.3) is 5.91 Å². The highest BCUT2D eigenvalue weighted by Crippen LogP contribution is 2.32. The van der Waals surface area contributed by atoms with Gasteiger partial charge in [-0.25, -0.2) is 14.4 Å². The van der Waals surface area contributed by atoms with Crippen LogP contribution < -0.4 is 16.4 Å². The Balaban J connectivity index is 0.00000148. The maximum atomic E-state index is 14.4. The number of carbonyl (C=O) groups is 1. The van der Waals surface area contributed by atoms with Gasteiger partial charge in [0.1, 0.15) is 28.5 Å². The van der Waals surface area contributed by atoms with Gasteiger partial charge in [0.2, 0.25) is 0 Å². The number of aromatic nitrogens is 1. The number of nitrogens with one attached hydrogen (secondary N) is 2. The summed E-state index contributed by atoms with van der Waals surface area (Å²) in [5.74, 6) is 0.137. The predicted molar refractivity (Wildman–Crippen MR) is 171 cm³/mol. The molecule has 5 N–H and O–H groups in total. The summed E-state index contributed by atoms with van der Waals surface area (Å²) in [6.45, 7) is 17.3. The number of amidine groups is 1. The average molecular weight is 582 g/mol. The van der Waals surface area contributed by atoms with Crippen molar-refractivity contribution in [3.05, 3.63) is 64.7 Å². The van der Waals surface area contributed by atoms with Crippen LogP contribution in [0.25, 0.3) is 0 Å². The van der Waals surface area contributed by atoms with Gasteiger partial charge in [0.15, 0.2) is 5.82 Å². The van der Waals surface area contributed by atoms with E-state index in [1.807, 2.05) is 33.8 Å². The number of aliphatic hydroxyl groups is 1. The van der Waals surface area contributed by atoms with Gasteiger partial charge in [-0.2, -0.15) is 0 Å². The van der Waals surface area contributed by atoms with Crippen molar-refractivity contribution in [2.75, 3.05) is 25.5 Å². The summed E-state index contributed by atoms with van der Waals surface area (Å²) < 4.78 is 14.4. The van der Waals surface area contributed by atoms with Crippen LogP contribution in [0.2, 0.25) is 0 Å². The Morgan fingerprint density at radius 1 is 1.24 bits per heavy atom. The van der Waals surface area contributed by atoms with E-state index in [2.05, 4.69) is 55.1 Å². The minimum absolute atomic E-state index is 0.120. The molecule has 2 aromatic rings. The van der Waals surface area contributed by atoms with Crippen molar-refractivity contribution in [2.24, 2.45) is 21.6 Å². The topological polar surface area (TPSA) is 128 Å². The molecule has 1 aromatic heterocycles. The van der Waals surface area contributed by atoms with Crippen molar-refractivity contribution in [3.8, 4) is 0 Å². The van der Waals surface area contributed by atoms with Gasteiger partial charge >= 0.3 is 0 Å². The molecule has 0 radical (unpaired) electrons. The smallest absolute Gasteiger partial charge is 0.256 e. The van der Waals surface area contributed by atoms with E-state index in [9.17, 15) is 14.3 Å². The van der Waals surface area contributed by atoms with Gasteiger partial charge in [0, 0.05) is 37.6 Å². The number of carbonyl (C=O) groups excluding carboxylic acids is 1. The number of halogens is 1. The molecular weight excluding hydrogens is 533 g/mol. The quantitative estimate of drug-likeness (QED) is 0.186. The Hall–Kier alpha value is -3.47. The fraction of sp³-hybridized carbons (Fsp3) is 0.500. The molecule has 9 nitrogen and oxygen atoms in total. The molecule has 2 aliphatic rings. The normalized spacial score (nSPS) is 15.5. The van der Waals surface area contributed by atoms with E-state index in [0.29, 0.717) is 0 Å². The van der Waals surface area contributed by atoms with Crippen LogP contribution in [0.1, 0.15) is 71.2 Å². The summed E-state index contributed by atoms with van der Waals surface area (Å²) in [5.41, 5.74) is 6.32. The van der Waals surface area contributed by atoms with Gasteiger partial charge in [0.05, 0.1) is 0 Å². The fourth-order valence-corrected chi connectivity index (χ4v) is 4.50. The largest absolute Gasteiger partial charge is 0.384 e. The molecule has 1 fully saturated rings. The number of anilines is 1. The molecule has 0 saturated heterocycles. The molecule has 42 heavy (non-hydrogen) atoms. The lowest BCUT2D eigenvalue weighted by molar-refractivity contribution is -0.117. The summed E-state index contributed by atoms with van der Waals surface area (Å²) in [5, 5.41) is 16.5. The lowest BCUT2D eigenvalue weighted by atomic mass is 9.98. The number of hydrogen-bond donors (Lipinski definition) is 4. The fourth-order valence-electron chi connectivity index (χ4n) is 4.50. The Kier molecular flexibility index (Phi) is 13.4. The molecule has 0 unspecified atom stereocenters. The minimum atomic E-state index is -1.51. The van der Waals surface area contributed by atoms with Gasteiger partial charge in [-0.15, -0.1) is 0 Å². The van der Waals surface area contributed by atoms with Gasteiger partial charge in [-0.3, -0.25) is 14.7 Å². The third-order valence-electron chi connectivity index (χ3n) is 6.55. The van der Waals surface area contributed by atoms with Crippen molar-refractivity contribution < 1.29 is 14.3 Å². The minimum Gasteiger partial charge on any atom is -0.384 e. The lowest BCUT2D eigenvalue weighted by Gasteiger charge is -2.29. The number of nitrogens with zero attached hydrogens (tertiary/aromatic N) is 4. The molecule has 10 heteroatoms. The standard InChI is InChI=1S/C29H37FN6O2.C2H6.CH5N/c1-18(2)32-28(37)23(15-31-5)27(35-25-11-10-24(30)26(34-25)29(3,4)38)33-22-9-8-21-17-36(16-19-6-7-19)13-12-20(21)14-22;2*1-2/h8-11,14-15,18-19,38H,5-7,12-13,16-17H2,1-4H3,(H,32,37)(H,33,34,35);1-2H3;2H2,1H3/b23-15+;;. The highest BCUT2D eigenvalue weighted by Gasteiger charge is 2.27. The Bertz CT molecular complexity index is 1260. The second kappa shape index (κ2) is 16.2. The van der Waals surface area contributed by atoms with E-state index >= 15 is 0 Å².